The van der Waals surface area contributed by atoms with E-state index in [-0.39, 0.29) is 71.4 Å². The number of fused-ring (bicyclic) bond motifs is 8. The van der Waals surface area contributed by atoms with Gasteiger partial charge in [0.15, 0.2) is 0 Å². The second-order valence-corrected chi connectivity index (χ2v) is 28.4. The summed E-state index contributed by atoms with van der Waals surface area (Å²) in [6.45, 7) is 4.42. The fourth-order valence-corrected chi connectivity index (χ4v) is 15.2. The molecule has 14 bridgehead atoms. The van der Waals surface area contributed by atoms with Gasteiger partial charge in [0.1, 0.15) is 65.1 Å². The van der Waals surface area contributed by atoms with Gasteiger partial charge in [-0.25, -0.2) is 9.07 Å². The average molecular weight is 1410 g/mol. The lowest BCUT2D eigenvalue weighted by Gasteiger charge is -2.37. The number of benzene rings is 4. The molecule has 26 nitrogen and oxygen atoms in total. The quantitative estimate of drug-likeness (QED) is 0.112. The van der Waals surface area contributed by atoms with Crippen LogP contribution in [0.15, 0.2) is 109 Å². The van der Waals surface area contributed by atoms with Gasteiger partial charge in [-0.1, -0.05) is 59.8 Å². The number of aliphatic hydroxyl groups excluding tert-OH is 1. The van der Waals surface area contributed by atoms with Gasteiger partial charge >= 0.3 is 0 Å². The number of rotatable bonds is 5. The zero-order valence-corrected chi connectivity index (χ0v) is 57.8. The molecule has 9 amide bonds. The van der Waals surface area contributed by atoms with E-state index in [4.69, 9.17) is 15.2 Å². The van der Waals surface area contributed by atoms with Crippen LogP contribution < -0.4 is 47.7 Å². The highest BCUT2D eigenvalue weighted by atomic mass is 32.2. The van der Waals surface area contributed by atoms with E-state index in [1.165, 1.54) is 54.7 Å². The van der Waals surface area contributed by atoms with Crippen LogP contribution in [0, 0.1) is 5.82 Å². The fraction of sp³-hybridized carbons (Fsp3) is 0.451. The monoisotopic (exact) mass is 1410 g/mol. The number of carbonyl (C=O) groups is 9. The van der Waals surface area contributed by atoms with Gasteiger partial charge in [-0.05, 0) is 122 Å². The summed E-state index contributed by atoms with van der Waals surface area (Å²) in [6, 6.07) is 14.1. The Morgan fingerprint density at radius 3 is 2.28 bits per heavy atom. The minimum atomic E-state index is -1.76. The van der Waals surface area contributed by atoms with Crippen molar-refractivity contribution in [1.29, 1.82) is 0 Å². The number of nitrogens with two attached hydrogens (primary N) is 1. The van der Waals surface area contributed by atoms with Crippen LogP contribution in [-0.4, -0.2) is 199 Å². The summed E-state index contributed by atoms with van der Waals surface area (Å²) in [5.74, 6) is -4.84. The number of hydrogen-bond donors (Lipinski definition) is 9. The summed E-state index contributed by atoms with van der Waals surface area (Å²) in [5, 5.41) is 40.8. The van der Waals surface area contributed by atoms with Gasteiger partial charge in [0.05, 0.1) is 44.4 Å². The third kappa shape index (κ3) is 17.2. The van der Waals surface area contributed by atoms with Crippen molar-refractivity contribution in [2.45, 2.75) is 150 Å². The molecule has 0 aliphatic carbocycles. The van der Waals surface area contributed by atoms with Crippen molar-refractivity contribution in [3.05, 3.63) is 154 Å². The number of amides is 9. The Bertz CT molecular complexity index is 4070. The van der Waals surface area contributed by atoms with Crippen molar-refractivity contribution in [2.24, 2.45) is 5.73 Å². The number of nitrogens with one attached hydrogen (secondary N) is 7. The zero-order chi connectivity index (χ0) is 70.8. The number of aliphatic hydroxyl groups is 1. The number of carbonyl (C=O) groups excluding carboxylic acids is 9. The summed E-state index contributed by atoms with van der Waals surface area (Å²) in [5.41, 5.74) is 10.7. The predicted molar refractivity (Wildman–Crippen MR) is 373 cm³/mol. The number of halogens is 1. The van der Waals surface area contributed by atoms with Crippen molar-refractivity contribution in [1.82, 2.24) is 66.6 Å². The van der Waals surface area contributed by atoms with Crippen LogP contribution in [0.3, 0.4) is 0 Å². The maximum Gasteiger partial charge on any atom is 0.246 e. The molecular formula is C71H85FN14O12S2. The lowest BCUT2D eigenvalue weighted by molar-refractivity contribution is -0.147. The fourth-order valence-electron chi connectivity index (χ4n) is 13.5. The number of aromatic nitrogens is 4. The second kappa shape index (κ2) is 32.4. The van der Waals surface area contributed by atoms with Crippen LogP contribution in [0.1, 0.15) is 85.5 Å². The number of allylic oxidation sites excluding steroid dienone is 1. The molecule has 0 spiro atoms. The third-order valence-corrected chi connectivity index (χ3v) is 20.9. The second-order valence-electron chi connectivity index (χ2n) is 26.2. The van der Waals surface area contributed by atoms with Crippen molar-refractivity contribution < 1.29 is 62.1 Å². The van der Waals surface area contributed by atoms with Crippen LogP contribution in [0.2, 0.25) is 0 Å². The lowest BCUT2D eigenvalue weighted by Crippen LogP contribution is -2.64. The highest BCUT2D eigenvalue weighted by Gasteiger charge is 2.49. The van der Waals surface area contributed by atoms with Crippen LogP contribution >= 0.6 is 23.5 Å². The molecule has 2 aromatic heterocycles. The summed E-state index contributed by atoms with van der Waals surface area (Å²) in [6.07, 6.45) is 5.15. The van der Waals surface area contributed by atoms with Gasteiger partial charge in [0.2, 0.25) is 53.2 Å². The van der Waals surface area contributed by atoms with E-state index < -0.39 is 119 Å². The van der Waals surface area contributed by atoms with E-state index >= 15 is 28.4 Å². The predicted octanol–water partition coefficient (Wildman–Crippen LogP) is 2.19. The molecule has 10 atom stereocenters. The number of methoxy groups -OCH3 is 1. The standard InChI is InChI=1S/C71H85FN14O12S2/c1-41-63(89)77-54-32-45-11-7-10-43(27-45)9-5-6-24-98-59-18-23-84-62(59)67(93)80-61(42(2)87)66(92)79-55(31-44-12-15-52(97-4)16-13-44)69(95)85-22-8-20-71(85,3)70(96)74-21-26-100-40-47-28-46(39-99-25-19-60(88)76-57(35-73)65(91)75-41)29-51(30-47)86-38-50(81-82-86)37-83-36-48(33-56(68(84)94)78-64(54)90)53-34-49(72)14-17-58(53)83/h5-7,10-17,27-30,34,36,38,41-42,54-57,59,61-62,87H,8-9,18-26,31-33,35,37,39-40,73H2,1-4H3,(H,74,96)(H,75,91)(H,76,88)(H,77,89)(H,78,90)(H,79,92)(H,80,93)/b6-5+/t41-,42-,54+,55+,56+,57+,59+,61+,62+,71+/m1/s1. The van der Waals surface area contributed by atoms with Crippen molar-refractivity contribution in [2.75, 3.05) is 51.4 Å². The molecule has 11 rings (SSSR count). The van der Waals surface area contributed by atoms with Crippen LogP contribution in [0.4, 0.5) is 4.39 Å². The van der Waals surface area contributed by atoms with Crippen molar-refractivity contribution >= 4 is 87.6 Å². The summed E-state index contributed by atoms with van der Waals surface area (Å²) in [7, 11) is 1.51. The Labute approximate surface area is 586 Å². The van der Waals surface area contributed by atoms with Crippen molar-refractivity contribution in [3.8, 4) is 11.4 Å². The van der Waals surface area contributed by atoms with Gasteiger partial charge < -0.3 is 71.9 Å². The number of hydrogen-bond acceptors (Lipinski definition) is 17. The summed E-state index contributed by atoms with van der Waals surface area (Å²) in [4.78, 5) is 136. The smallest absolute Gasteiger partial charge is 0.246 e. The van der Waals surface area contributed by atoms with E-state index in [9.17, 15) is 24.3 Å². The van der Waals surface area contributed by atoms with Gasteiger partial charge in [0.25, 0.3) is 0 Å². The lowest BCUT2D eigenvalue weighted by atomic mass is 9.95. The van der Waals surface area contributed by atoms with E-state index in [2.05, 4.69) is 47.5 Å². The van der Waals surface area contributed by atoms with Gasteiger partial charge in [-0.15, -0.1) is 5.10 Å². The minimum Gasteiger partial charge on any atom is -0.497 e. The topological polar surface area (TPSA) is 345 Å². The molecular weight excluding hydrogens is 1320 g/mol. The largest absolute Gasteiger partial charge is 0.497 e. The Morgan fingerprint density at radius 1 is 0.770 bits per heavy atom. The molecule has 4 aromatic carbocycles. The summed E-state index contributed by atoms with van der Waals surface area (Å²) < 4.78 is 31.1. The van der Waals surface area contributed by atoms with Crippen LogP contribution in [-0.2, 0) is 91.6 Å². The SMILES string of the molecule is COc1ccc(C[C@@H]2NC(=O)[C@H]([C@@H](C)O)NC(=O)[C@@H]3[C@@H]4CCN3C(=O)[C@@H]3Cc5cn(c6ccc(F)cc56)Cc5cn(nn5)-c5cc(cc(c5)CSCCC(=O)N[C@@H](CN)C(=O)N[C@H](C)C(=O)N[C@@H](Cc5cccc(c5)C/C=C/CO4)C(=O)N3)CSCCNC(=O)[C@]3(C)CCCN3C2=O)cc1. The molecule has 100 heavy (non-hydrogen) atoms. The molecule has 5 aliphatic rings. The maximum atomic E-state index is 16.1. The van der Waals surface area contributed by atoms with E-state index in [1.54, 1.807) is 84.3 Å². The molecule has 7 heterocycles. The maximum absolute atomic E-state index is 16.1. The molecule has 530 valence electrons. The number of ether oxygens (including phenoxy) is 2. The normalized spacial score (nSPS) is 26.1. The van der Waals surface area contributed by atoms with E-state index in [0.29, 0.717) is 87.0 Å². The van der Waals surface area contributed by atoms with E-state index in [0.717, 1.165) is 16.7 Å². The molecule has 0 radical (unpaired) electrons. The van der Waals surface area contributed by atoms with Gasteiger partial charge in [-0.3, -0.25) is 43.2 Å². The Kier molecular flexibility index (Phi) is 23.4. The minimum absolute atomic E-state index is 0.0144. The first-order valence-electron chi connectivity index (χ1n) is 33.7. The Hall–Kier alpha value is -9.16. The molecule has 10 N–H and O–H groups in total. The molecule has 0 saturated carbocycles. The van der Waals surface area contributed by atoms with Crippen molar-refractivity contribution in [3.63, 3.8) is 0 Å². The van der Waals surface area contributed by atoms with Gasteiger partial charge in [-0.2, -0.15) is 23.5 Å². The third-order valence-electron chi connectivity index (χ3n) is 18.9. The van der Waals surface area contributed by atoms with E-state index in [1.807, 2.05) is 41.0 Å². The molecule has 2 saturated heterocycles. The highest BCUT2D eigenvalue weighted by Crippen LogP contribution is 2.33. The zero-order valence-electron chi connectivity index (χ0n) is 56.2. The molecule has 2 fully saturated rings. The highest BCUT2D eigenvalue weighted by molar-refractivity contribution is 7.98. The molecule has 6 aromatic rings. The Morgan fingerprint density at radius 2 is 1.52 bits per heavy atom. The summed E-state index contributed by atoms with van der Waals surface area (Å²) >= 11 is 3.05. The Balaban J connectivity index is 1.04. The first-order valence-corrected chi connectivity index (χ1v) is 36.0. The number of nitrogens with zero attached hydrogens (tertiary/aromatic N) is 6. The van der Waals surface area contributed by atoms with Gasteiger partial charge in [0, 0.05) is 92.0 Å². The number of thioether (sulfide) groups is 2. The van der Waals surface area contributed by atoms with Crippen LogP contribution in [0.5, 0.6) is 5.75 Å². The first kappa shape index (κ1) is 72.1. The first-order chi connectivity index (χ1) is 48.1. The average Bonchev–Trinajstić information content (AvgIpc) is 1.61. The molecule has 29 heteroatoms. The molecule has 0 unspecified atom stereocenters. The van der Waals surface area contributed by atoms with Crippen LogP contribution in [0.25, 0.3) is 16.6 Å². The molecule has 5 aliphatic heterocycles.